The van der Waals surface area contributed by atoms with Crippen molar-refractivity contribution in [3.63, 3.8) is 0 Å². The number of carboxylic acids is 1. The Balaban J connectivity index is 1.15. The molecular formula is C27H34F2N4O2. The first kappa shape index (κ1) is 24.1. The van der Waals surface area contributed by atoms with Crippen molar-refractivity contribution >= 4 is 11.8 Å². The summed E-state index contributed by atoms with van der Waals surface area (Å²) in [5, 5.41) is 13.3. The molecule has 2 N–H and O–H groups in total. The number of aryl methyl sites for hydroxylation is 2. The molecule has 2 aromatic rings. The van der Waals surface area contributed by atoms with Gasteiger partial charge in [0.25, 0.3) is 0 Å². The maximum Gasteiger partial charge on any atom is 0.325 e. The van der Waals surface area contributed by atoms with Gasteiger partial charge in [0.15, 0.2) is 0 Å². The van der Waals surface area contributed by atoms with Gasteiger partial charge >= 0.3 is 5.97 Å². The summed E-state index contributed by atoms with van der Waals surface area (Å²) in [5.41, 5.74) is 3.64. The molecule has 2 aliphatic heterocycles. The van der Waals surface area contributed by atoms with Gasteiger partial charge in [-0.25, -0.2) is 13.8 Å². The minimum absolute atomic E-state index is 0.174. The summed E-state index contributed by atoms with van der Waals surface area (Å²) in [6.07, 6.45) is 7.01. The van der Waals surface area contributed by atoms with E-state index in [1.807, 2.05) is 17.0 Å². The zero-order valence-corrected chi connectivity index (χ0v) is 20.1. The van der Waals surface area contributed by atoms with Crippen LogP contribution in [0.5, 0.6) is 0 Å². The Bertz CT molecular complexity index is 1060. The second-order valence-corrected chi connectivity index (χ2v) is 10.4. The van der Waals surface area contributed by atoms with E-state index in [-0.39, 0.29) is 18.8 Å². The number of carbonyl (C=O) groups is 1. The molecule has 8 heteroatoms. The van der Waals surface area contributed by atoms with Crippen LogP contribution in [-0.2, 0) is 17.6 Å². The highest BCUT2D eigenvalue weighted by molar-refractivity contribution is 5.76. The zero-order chi connectivity index (χ0) is 24.4. The molecule has 2 aromatic heterocycles. The van der Waals surface area contributed by atoms with Gasteiger partial charge in [-0.15, -0.1) is 0 Å². The van der Waals surface area contributed by atoms with E-state index in [1.54, 1.807) is 12.3 Å². The zero-order valence-electron chi connectivity index (χ0n) is 20.1. The van der Waals surface area contributed by atoms with Crippen molar-refractivity contribution in [1.29, 1.82) is 0 Å². The number of nitrogens with one attached hydrogen (secondary N) is 1. The lowest BCUT2D eigenvalue weighted by Gasteiger charge is -2.27. The van der Waals surface area contributed by atoms with Crippen molar-refractivity contribution in [2.75, 3.05) is 25.0 Å². The quantitative estimate of drug-likeness (QED) is 0.482. The van der Waals surface area contributed by atoms with Crippen LogP contribution in [0.3, 0.4) is 0 Å². The Morgan fingerprint density at radius 2 is 2.11 bits per heavy atom. The molecule has 1 saturated heterocycles. The molecule has 2 atom stereocenters. The third-order valence-electron chi connectivity index (χ3n) is 7.56. The van der Waals surface area contributed by atoms with E-state index in [0.29, 0.717) is 38.3 Å². The molecule has 0 radical (unpaired) electrons. The number of halogens is 2. The molecule has 0 amide bonds. The van der Waals surface area contributed by atoms with Gasteiger partial charge in [0, 0.05) is 55.0 Å². The highest BCUT2D eigenvalue weighted by Gasteiger charge is 2.41. The van der Waals surface area contributed by atoms with E-state index in [4.69, 9.17) is 0 Å². The fourth-order valence-electron chi connectivity index (χ4n) is 5.67. The first-order valence-electron chi connectivity index (χ1n) is 12.9. The molecule has 0 spiro atoms. The van der Waals surface area contributed by atoms with Crippen molar-refractivity contribution in [3.8, 4) is 0 Å². The third kappa shape index (κ3) is 5.80. The number of alkyl halides is 2. The molecule has 188 valence electrons. The lowest BCUT2D eigenvalue weighted by molar-refractivity contribution is -0.143. The number of pyridine rings is 2. The van der Waals surface area contributed by atoms with Crippen molar-refractivity contribution in [3.05, 3.63) is 53.0 Å². The summed E-state index contributed by atoms with van der Waals surface area (Å²) in [7, 11) is 0. The third-order valence-corrected chi connectivity index (χ3v) is 7.56. The highest BCUT2D eigenvalue weighted by Crippen LogP contribution is 2.43. The fraction of sp³-hybridized carbons (Fsp3) is 0.593. The number of hydrogen-bond donors (Lipinski definition) is 2. The Morgan fingerprint density at radius 1 is 1.26 bits per heavy atom. The van der Waals surface area contributed by atoms with Crippen LogP contribution in [0.2, 0.25) is 0 Å². The Hall–Kier alpha value is -2.61. The summed E-state index contributed by atoms with van der Waals surface area (Å²) in [4.78, 5) is 23.1. The molecule has 0 bridgehead atoms. The molecule has 35 heavy (non-hydrogen) atoms. The number of hydrogen-bond acceptors (Lipinski definition) is 5. The molecule has 6 nitrogen and oxygen atoms in total. The van der Waals surface area contributed by atoms with E-state index < -0.39 is 17.9 Å². The summed E-state index contributed by atoms with van der Waals surface area (Å²) in [5.74, 6) is -2.67. The van der Waals surface area contributed by atoms with Crippen LogP contribution in [0, 0.1) is 5.92 Å². The summed E-state index contributed by atoms with van der Waals surface area (Å²) < 4.78 is 29.7. The number of anilines is 1. The van der Waals surface area contributed by atoms with E-state index in [2.05, 4.69) is 21.4 Å². The van der Waals surface area contributed by atoms with Gasteiger partial charge in [-0.05, 0) is 75.1 Å². The Morgan fingerprint density at radius 3 is 2.91 bits per heavy atom. The SMILES string of the molecule is O=C(O)C(c1cccnc1C1CC1)N1CCC(CC(F)(F)CCCc2ccc3c(n2)NCCC3)C1. The monoisotopic (exact) mass is 484 g/mol. The molecule has 4 heterocycles. The predicted octanol–water partition coefficient (Wildman–Crippen LogP) is 5.21. The van der Waals surface area contributed by atoms with Gasteiger partial charge in [0.05, 0.1) is 0 Å². The maximum atomic E-state index is 14.9. The van der Waals surface area contributed by atoms with Gasteiger partial charge in [0.1, 0.15) is 11.9 Å². The van der Waals surface area contributed by atoms with Crippen LogP contribution in [0.4, 0.5) is 14.6 Å². The van der Waals surface area contributed by atoms with Crippen molar-refractivity contribution in [2.45, 2.75) is 75.7 Å². The molecule has 2 fully saturated rings. The lowest BCUT2D eigenvalue weighted by atomic mass is 9.96. The first-order valence-corrected chi connectivity index (χ1v) is 12.9. The fourth-order valence-corrected chi connectivity index (χ4v) is 5.67. The smallest absolute Gasteiger partial charge is 0.325 e. The number of nitrogens with zero attached hydrogens (tertiary/aromatic N) is 3. The van der Waals surface area contributed by atoms with Crippen LogP contribution >= 0.6 is 0 Å². The first-order chi connectivity index (χ1) is 16.9. The average Bonchev–Trinajstić information content (AvgIpc) is 3.59. The van der Waals surface area contributed by atoms with Gasteiger partial charge < -0.3 is 10.4 Å². The summed E-state index contributed by atoms with van der Waals surface area (Å²) in [6, 6.07) is 6.81. The number of fused-ring (bicyclic) bond motifs is 1. The van der Waals surface area contributed by atoms with Crippen LogP contribution in [0.25, 0.3) is 0 Å². The largest absolute Gasteiger partial charge is 0.480 e. The van der Waals surface area contributed by atoms with Gasteiger partial charge in [0.2, 0.25) is 5.92 Å². The molecule has 1 saturated carbocycles. The summed E-state index contributed by atoms with van der Waals surface area (Å²) in [6.45, 7) is 1.80. The second kappa shape index (κ2) is 10.2. The van der Waals surface area contributed by atoms with Crippen LogP contribution in [0.15, 0.2) is 30.5 Å². The molecule has 2 unspecified atom stereocenters. The Kier molecular flexibility index (Phi) is 7.00. The van der Waals surface area contributed by atoms with Crippen LogP contribution in [-0.4, -0.2) is 51.5 Å². The van der Waals surface area contributed by atoms with Crippen LogP contribution < -0.4 is 5.32 Å². The summed E-state index contributed by atoms with van der Waals surface area (Å²) >= 11 is 0. The van der Waals surface area contributed by atoms with Crippen molar-refractivity contribution in [2.24, 2.45) is 5.92 Å². The topological polar surface area (TPSA) is 78.3 Å². The standard InChI is InChI=1S/C27H34F2N4O2/c28-27(29,12-1-5-21-10-9-20-4-2-14-31-25(20)32-21)16-18-11-15-33(17-18)24(26(34)35)22-6-3-13-30-23(22)19-7-8-19/h3,6,9-10,13,18-19,24H,1-2,4-5,7-8,11-12,14-17H2,(H,31,32)(H,34,35). The molecule has 1 aliphatic carbocycles. The predicted molar refractivity (Wildman–Crippen MR) is 130 cm³/mol. The van der Waals surface area contributed by atoms with Gasteiger partial charge in [-0.2, -0.15) is 0 Å². The van der Waals surface area contributed by atoms with E-state index >= 15 is 0 Å². The van der Waals surface area contributed by atoms with Crippen molar-refractivity contribution in [1.82, 2.24) is 14.9 Å². The number of carboxylic acid groups (broad SMARTS) is 1. The van der Waals surface area contributed by atoms with Gasteiger partial charge in [-0.3, -0.25) is 14.7 Å². The second-order valence-electron chi connectivity index (χ2n) is 10.4. The van der Waals surface area contributed by atoms with Crippen molar-refractivity contribution < 1.29 is 18.7 Å². The minimum atomic E-state index is -2.76. The number of aliphatic carboxylic acids is 1. The normalized spacial score (nSPS) is 21.4. The maximum absolute atomic E-state index is 14.9. The number of aromatic nitrogens is 2. The number of likely N-dealkylation sites (tertiary alicyclic amines) is 1. The molecule has 3 aliphatic rings. The Labute approximate surface area is 205 Å². The lowest BCUT2D eigenvalue weighted by Crippen LogP contribution is -2.34. The minimum Gasteiger partial charge on any atom is -0.480 e. The molecular weight excluding hydrogens is 450 g/mol. The van der Waals surface area contributed by atoms with E-state index in [1.165, 1.54) is 5.56 Å². The van der Waals surface area contributed by atoms with E-state index in [0.717, 1.165) is 55.0 Å². The molecule has 0 aromatic carbocycles. The van der Waals surface area contributed by atoms with Crippen LogP contribution in [0.1, 0.15) is 79.4 Å². The number of rotatable bonds is 10. The van der Waals surface area contributed by atoms with E-state index in [9.17, 15) is 18.7 Å². The van der Waals surface area contributed by atoms with Gasteiger partial charge in [-0.1, -0.05) is 12.1 Å². The average molecular weight is 485 g/mol. The highest BCUT2D eigenvalue weighted by atomic mass is 19.3. The molecule has 5 rings (SSSR count).